The van der Waals surface area contributed by atoms with Crippen molar-refractivity contribution in [2.45, 2.75) is 18.8 Å². The first kappa shape index (κ1) is 7.73. The van der Waals surface area contributed by atoms with E-state index in [4.69, 9.17) is 4.74 Å². The Balaban J connectivity index is 2.17. The number of hydrogen-bond acceptors (Lipinski definition) is 4. The molecule has 1 aliphatic heterocycles. The summed E-state index contributed by atoms with van der Waals surface area (Å²) in [5.74, 6) is -0.213. The van der Waals surface area contributed by atoms with Gasteiger partial charge in [-0.3, -0.25) is 4.79 Å². The predicted molar refractivity (Wildman–Crippen MR) is 45.0 cm³/mol. The van der Waals surface area contributed by atoms with Crippen LogP contribution < -0.4 is 0 Å². The van der Waals surface area contributed by atoms with Gasteiger partial charge in [0, 0.05) is 11.6 Å². The number of esters is 1. The molecule has 0 amide bonds. The van der Waals surface area contributed by atoms with Crippen molar-refractivity contribution in [2.24, 2.45) is 0 Å². The highest BCUT2D eigenvalue weighted by molar-refractivity contribution is 7.09. The summed E-state index contributed by atoms with van der Waals surface area (Å²) in [6.07, 6.45) is 3.56. The molecule has 1 aliphatic rings. The second kappa shape index (κ2) is 3.23. The molecule has 3 nitrogen and oxygen atoms in total. The van der Waals surface area contributed by atoms with E-state index >= 15 is 0 Å². The SMILES string of the molecule is O=C1OCCCC1c1nccs1. The topological polar surface area (TPSA) is 39.2 Å². The molecular weight excluding hydrogens is 174 g/mol. The molecule has 1 unspecified atom stereocenters. The zero-order chi connectivity index (χ0) is 8.39. The van der Waals surface area contributed by atoms with Crippen LogP contribution in [-0.2, 0) is 9.53 Å². The van der Waals surface area contributed by atoms with Gasteiger partial charge >= 0.3 is 5.97 Å². The maximum atomic E-state index is 11.2. The third-order valence-electron chi connectivity index (χ3n) is 1.92. The molecule has 0 radical (unpaired) electrons. The number of hydrogen-bond donors (Lipinski definition) is 0. The first-order valence-corrected chi connectivity index (χ1v) is 4.82. The van der Waals surface area contributed by atoms with E-state index in [9.17, 15) is 4.79 Å². The normalized spacial score (nSPS) is 23.7. The molecule has 1 aromatic heterocycles. The van der Waals surface area contributed by atoms with Crippen LogP contribution >= 0.6 is 11.3 Å². The van der Waals surface area contributed by atoms with Crippen LogP contribution in [0, 0.1) is 0 Å². The lowest BCUT2D eigenvalue weighted by Crippen LogP contribution is -2.21. The molecule has 0 spiro atoms. The zero-order valence-corrected chi connectivity index (χ0v) is 7.34. The predicted octanol–water partition coefficient (Wildman–Crippen LogP) is 1.56. The first-order valence-electron chi connectivity index (χ1n) is 3.94. The van der Waals surface area contributed by atoms with Crippen molar-refractivity contribution >= 4 is 17.3 Å². The van der Waals surface area contributed by atoms with Crippen LogP contribution in [0.15, 0.2) is 11.6 Å². The molecule has 1 atom stereocenters. The molecular formula is C8H9NO2S. The largest absolute Gasteiger partial charge is 0.465 e. The summed E-state index contributed by atoms with van der Waals surface area (Å²) in [5, 5.41) is 2.77. The lowest BCUT2D eigenvalue weighted by Gasteiger charge is -2.18. The van der Waals surface area contributed by atoms with E-state index < -0.39 is 0 Å². The summed E-state index contributed by atoms with van der Waals surface area (Å²) in [5.41, 5.74) is 0. The average Bonchev–Trinajstić information content (AvgIpc) is 2.57. The van der Waals surface area contributed by atoms with E-state index in [-0.39, 0.29) is 11.9 Å². The highest BCUT2D eigenvalue weighted by Gasteiger charge is 2.27. The number of carbonyl (C=O) groups is 1. The first-order chi connectivity index (χ1) is 5.88. The summed E-state index contributed by atoms with van der Waals surface area (Å²) in [4.78, 5) is 15.3. The Labute approximate surface area is 74.4 Å². The summed E-state index contributed by atoms with van der Waals surface area (Å²) in [6.45, 7) is 0.570. The standard InChI is InChI=1S/C8H9NO2S/c10-8-6(2-1-4-11-8)7-9-3-5-12-7/h3,5-6H,1-2,4H2. The van der Waals surface area contributed by atoms with Gasteiger partial charge in [0.1, 0.15) is 10.9 Å². The van der Waals surface area contributed by atoms with Gasteiger partial charge in [0.2, 0.25) is 0 Å². The molecule has 0 saturated carbocycles. The summed E-state index contributed by atoms with van der Waals surface area (Å²) < 4.78 is 4.94. The maximum Gasteiger partial charge on any atom is 0.315 e. The minimum absolute atomic E-state index is 0.0984. The summed E-state index contributed by atoms with van der Waals surface area (Å²) >= 11 is 1.52. The van der Waals surface area contributed by atoms with Crippen LogP contribution in [-0.4, -0.2) is 17.6 Å². The molecule has 0 aromatic carbocycles. The van der Waals surface area contributed by atoms with Crippen LogP contribution in [0.3, 0.4) is 0 Å². The van der Waals surface area contributed by atoms with Crippen molar-refractivity contribution < 1.29 is 9.53 Å². The van der Waals surface area contributed by atoms with Crippen LogP contribution in [0.4, 0.5) is 0 Å². The Kier molecular flexibility index (Phi) is 2.08. The number of thiazole rings is 1. The summed E-state index contributed by atoms with van der Waals surface area (Å²) in [6, 6.07) is 0. The van der Waals surface area contributed by atoms with E-state index in [1.54, 1.807) is 6.20 Å². The Morgan fingerprint density at radius 3 is 3.25 bits per heavy atom. The molecule has 64 valence electrons. The zero-order valence-electron chi connectivity index (χ0n) is 6.53. The van der Waals surface area contributed by atoms with Gasteiger partial charge in [-0.25, -0.2) is 4.98 Å². The quantitative estimate of drug-likeness (QED) is 0.620. The van der Waals surface area contributed by atoms with Gasteiger partial charge in [0.25, 0.3) is 0 Å². The molecule has 12 heavy (non-hydrogen) atoms. The Morgan fingerprint density at radius 1 is 1.67 bits per heavy atom. The maximum absolute atomic E-state index is 11.2. The second-order valence-electron chi connectivity index (χ2n) is 2.73. The smallest absolute Gasteiger partial charge is 0.315 e. The minimum Gasteiger partial charge on any atom is -0.465 e. The Morgan fingerprint density at radius 2 is 2.58 bits per heavy atom. The van der Waals surface area contributed by atoms with Crippen molar-refractivity contribution in [1.82, 2.24) is 4.98 Å². The lowest BCUT2D eigenvalue weighted by molar-refractivity contribution is -0.149. The van der Waals surface area contributed by atoms with Gasteiger partial charge in [0.15, 0.2) is 0 Å². The molecule has 2 heterocycles. The fraction of sp³-hybridized carbons (Fsp3) is 0.500. The van der Waals surface area contributed by atoms with Crippen LogP contribution in [0.2, 0.25) is 0 Å². The van der Waals surface area contributed by atoms with Gasteiger partial charge in [-0.1, -0.05) is 0 Å². The van der Waals surface area contributed by atoms with Crippen molar-refractivity contribution in [3.8, 4) is 0 Å². The number of ether oxygens (including phenoxy) is 1. The van der Waals surface area contributed by atoms with Gasteiger partial charge in [0.05, 0.1) is 6.61 Å². The van der Waals surface area contributed by atoms with E-state index in [1.807, 2.05) is 5.38 Å². The molecule has 4 heteroatoms. The van der Waals surface area contributed by atoms with Crippen molar-refractivity contribution in [3.63, 3.8) is 0 Å². The van der Waals surface area contributed by atoms with Gasteiger partial charge in [-0.05, 0) is 12.8 Å². The summed E-state index contributed by atoms with van der Waals surface area (Å²) in [7, 11) is 0. The lowest BCUT2D eigenvalue weighted by atomic mass is 10.0. The average molecular weight is 183 g/mol. The number of aromatic nitrogens is 1. The van der Waals surface area contributed by atoms with Crippen molar-refractivity contribution in [1.29, 1.82) is 0 Å². The van der Waals surface area contributed by atoms with Gasteiger partial charge in [-0.15, -0.1) is 11.3 Å². The molecule has 0 bridgehead atoms. The van der Waals surface area contributed by atoms with Crippen LogP contribution in [0.25, 0.3) is 0 Å². The number of cyclic esters (lactones) is 1. The monoisotopic (exact) mass is 183 g/mol. The number of nitrogens with zero attached hydrogens (tertiary/aromatic N) is 1. The van der Waals surface area contributed by atoms with E-state index in [1.165, 1.54) is 11.3 Å². The molecule has 1 saturated heterocycles. The minimum atomic E-state index is -0.115. The Hall–Kier alpha value is -0.900. The van der Waals surface area contributed by atoms with Gasteiger partial charge in [-0.2, -0.15) is 0 Å². The van der Waals surface area contributed by atoms with Gasteiger partial charge < -0.3 is 4.74 Å². The molecule has 1 fully saturated rings. The molecule has 1 aromatic rings. The highest BCUT2D eigenvalue weighted by atomic mass is 32.1. The molecule has 0 aliphatic carbocycles. The number of rotatable bonds is 1. The third kappa shape index (κ3) is 1.34. The Bertz CT molecular complexity index is 271. The molecule has 0 N–H and O–H groups in total. The van der Waals surface area contributed by atoms with E-state index in [2.05, 4.69) is 4.98 Å². The van der Waals surface area contributed by atoms with Crippen LogP contribution in [0.1, 0.15) is 23.8 Å². The third-order valence-corrected chi connectivity index (χ3v) is 2.80. The fourth-order valence-electron chi connectivity index (χ4n) is 1.31. The fourth-order valence-corrected chi connectivity index (χ4v) is 2.07. The van der Waals surface area contributed by atoms with Crippen LogP contribution in [0.5, 0.6) is 0 Å². The second-order valence-corrected chi connectivity index (χ2v) is 3.66. The molecule has 2 rings (SSSR count). The highest BCUT2D eigenvalue weighted by Crippen LogP contribution is 2.27. The van der Waals surface area contributed by atoms with Crippen molar-refractivity contribution in [2.75, 3.05) is 6.61 Å². The van der Waals surface area contributed by atoms with E-state index in [0.29, 0.717) is 6.61 Å². The van der Waals surface area contributed by atoms with E-state index in [0.717, 1.165) is 17.8 Å². The van der Waals surface area contributed by atoms with Crippen molar-refractivity contribution in [3.05, 3.63) is 16.6 Å². The number of carbonyl (C=O) groups excluding carboxylic acids is 1.